The molecule has 0 fully saturated rings. The van der Waals surface area contributed by atoms with Gasteiger partial charge in [-0.05, 0) is 24.1 Å². The van der Waals surface area contributed by atoms with E-state index in [1.165, 1.54) is 12.3 Å². The fourth-order valence-electron chi connectivity index (χ4n) is 0.858. The summed E-state index contributed by atoms with van der Waals surface area (Å²) < 4.78 is 0.317. The number of pyridine rings is 1. The molecule has 0 saturated carbocycles. The third-order valence-corrected chi connectivity index (χ3v) is 1.82. The van der Waals surface area contributed by atoms with E-state index >= 15 is 0 Å². The molecule has 1 rings (SSSR count). The maximum Gasteiger partial charge on any atom is 0.343 e. The van der Waals surface area contributed by atoms with Crippen LogP contribution in [0.1, 0.15) is 15.9 Å². The zero-order valence-electron chi connectivity index (χ0n) is 6.24. The average Bonchev–Trinajstić information content (AvgIpc) is 1.97. The van der Waals surface area contributed by atoms with E-state index in [-0.39, 0.29) is 10.7 Å². The highest BCUT2D eigenvalue weighted by molar-refractivity contribution is 6.31. The topological polar surface area (TPSA) is 64.2 Å². The molecule has 0 aromatic carbocycles. The van der Waals surface area contributed by atoms with Crippen LogP contribution < -0.4 is 4.73 Å². The van der Waals surface area contributed by atoms with E-state index in [4.69, 9.17) is 16.7 Å². The number of carbonyl (C=O) groups is 1. The first kappa shape index (κ1) is 8.80. The normalized spacial score (nSPS) is 9.83. The summed E-state index contributed by atoms with van der Waals surface area (Å²) in [5, 5.41) is 19.1. The van der Waals surface area contributed by atoms with Gasteiger partial charge in [-0.3, -0.25) is 0 Å². The minimum atomic E-state index is -1.19. The van der Waals surface area contributed by atoms with E-state index in [9.17, 15) is 10.0 Å². The standard InChI is InChI=1S/C7H6ClNO3/c1-4-2-3-9(12)6(8)5(4)7(10)11/h2-3H,1H3,(H,10,11). The summed E-state index contributed by atoms with van der Waals surface area (Å²) in [5.41, 5.74) is 0.328. The third-order valence-electron chi connectivity index (χ3n) is 1.47. The van der Waals surface area contributed by atoms with Crippen molar-refractivity contribution in [3.8, 4) is 0 Å². The van der Waals surface area contributed by atoms with E-state index in [2.05, 4.69) is 0 Å². The summed E-state index contributed by atoms with van der Waals surface area (Å²) in [4.78, 5) is 10.6. The highest BCUT2D eigenvalue weighted by Crippen LogP contribution is 2.14. The summed E-state index contributed by atoms with van der Waals surface area (Å²) in [6.07, 6.45) is 1.17. The Kier molecular flexibility index (Phi) is 2.19. The molecule has 12 heavy (non-hydrogen) atoms. The second-order valence-corrected chi connectivity index (χ2v) is 2.65. The summed E-state index contributed by atoms with van der Waals surface area (Å²) in [6, 6.07) is 1.41. The molecule has 4 nitrogen and oxygen atoms in total. The minimum absolute atomic E-state index is 0.144. The quantitative estimate of drug-likeness (QED) is 0.405. The van der Waals surface area contributed by atoms with Gasteiger partial charge in [-0.1, -0.05) is 0 Å². The summed E-state index contributed by atoms with van der Waals surface area (Å²) >= 11 is 5.46. The SMILES string of the molecule is Cc1cc[n+]([O-])c(Cl)c1C(=O)O. The summed E-state index contributed by atoms with van der Waals surface area (Å²) in [6.45, 7) is 1.58. The molecule has 1 heterocycles. The van der Waals surface area contributed by atoms with Gasteiger partial charge in [-0.25, -0.2) is 4.79 Å². The van der Waals surface area contributed by atoms with E-state index < -0.39 is 5.97 Å². The Morgan fingerprint density at radius 1 is 1.75 bits per heavy atom. The maximum atomic E-state index is 10.8. The number of aryl methyl sites for hydroxylation is 1. The fraction of sp³-hybridized carbons (Fsp3) is 0.143. The van der Waals surface area contributed by atoms with E-state index in [0.717, 1.165) is 0 Å². The first-order valence-electron chi connectivity index (χ1n) is 3.15. The van der Waals surface area contributed by atoms with Crippen molar-refractivity contribution in [2.45, 2.75) is 6.92 Å². The van der Waals surface area contributed by atoms with E-state index in [0.29, 0.717) is 10.3 Å². The average molecular weight is 188 g/mol. The zero-order chi connectivity index (χ0) is 9.30. The first-order valence-corrected chi connectivity index (χ1v) is 3.53. The summed E-state index contributed by atoms with van der Waals surface area (Å²) in [7, 11) is 0. The van der Waals surface area contributed by atoms with Gasteiger partial charge in [0.25, 0.3) is 0 Å². The number of hydrogen-bond acceptors (Lipinski definition) is 2. The molecule has 0 atom stereocenters. The van der Waals surface area contributed by atoms with Crippen LogP contribution in [0, 0.1) is 12.1 Å². The molecular weight excluding hydrogens is 182 g/mol. The van der Waals surface area contributed by atoms with Crippen molar-refractivity contribution in [3.63, 3.8) is 0 Å². The largest absolute Gasteiger partial charge is 0.618 e. The molecule has 0 saturated heterocycles. The molecule has 0 aliphatic rings. The number of carboxylic acid groups (broad SMARTS) is 1. The Balaban J connectivity index is 3.43. The Hall–Kier alpha value is -1.29. The second kappa shape index (κ2) is 2.98. The van der Waals surface area contributed by atoms with Crippen LogP contribution in [0.2, 0.25) is 5.15 Å². The van der Waals surface area contributed by atoms with Gasteiger partial charge in [0.2, 0.25) is 0 Å². The van der Waals surface area contributed by atoms with Crippen LogP contribution in [-0.2, 0) is 0 Å². The molecule has 0 spiro atoms. The van der Waals surface area contributed by atoms with Gasteiger partial charge in [-0.2, -0.15) is 4.73 Å². The van der Waals surface area contributed by atoms with Crippen molar-refractivity contribution in [2.75, 3.05) is 0 Å². The Bertz CT molecular complexity index is 338. The van der Waals surface area contributed by atoms with Crippen LogP contribution >= 0.6 is 11.6 Å². The number of halogens is 1. The molecule has 1 N–H and O–H groups in total. The lowest BCUT2D eigenvalue weighted by molar-refractivity contribution is -0.603. The Morgan fingerprint density at radius 2 is 2.33 bits per heavy atom. The van der Waals surface area contributed by atoms with Crippen LogP contribution in [-0.4, -0.2) is 11.1 Å². The van der Waals surface area contributed by atoms with E-state index in [1.807, 2.05) is 0 Å². The molecule has 0 aliphatic carbocycles. The van der Waals surface area contributed by atoms with Crippen molar-refractivity contribution in [3.05, 3.63) is 33.8 Å². The number of hydrogen-bond donors (Lipinski definition) is 1. The minimum Gasteiger partial charge on any atom is -0.618 e. The van der Waals surface area contributed by atoms with Gasteiger partial charge in [0.05, 0.1) is 0 Å². The number of nitrogens with zero attached hydrogens (tertiary/aromatic N) is 1. The summed E-state index contributed by atoms with van der Waals surface area (Å²) in [5.74, 6) is -1.19. The maximum absolute atomic E-state index is 10.8. The van der Waals surface area contributed by atoms with Gasteiger partial charge in [0.15, 0.2) is 6.20 Å². The van der Waals surface area contributed by atoms with Gasteiger partial charge < -0.3 is 10.3 Å². The highest BCUT2D eigenvalue weighted by atomic mass is 35.5. The fourth-order valence-corrected chi connectivity index (χ4v) is 1.14. The third kappa shape index (κ3) is 1.33. The van der Waals surface area contributed by atoms with Gasteiger partial charge in [-0.15, -0.1) is 0 Å². The monoisotopic (exact) mass is 187 g/mol. The molecule has 0 amide bonds. The highest BCUT2D eigenvalue weighted by Gasteiger charge is 2.18. The van der Waals surface area contributed by atoms with Crippen LogP contribution in [0.5, 0.6) is 0 Å². The van der Waals surface area contributed by atoms with Crippen molar-refractivity contribution >= 4 is 17.6 Å². The second-order valence-electron chi connectivity index (χ2n) is 2.30. The Labute approximate surface area is 73.6 Å². The van der Waals surface area contributed by atoms with E-state index in [1.54, 1.807) is 6.92 Å². The molecule has 1 aromatic heterocycles. The number of aromatic carboxylic acids is 1. The smallest absolute Gasteiger partial charge is 0.343 e. The molecule has 5 heteroatoms. The number of aromatic nitrogens is 1. The zero-order valence-corrected chi connectivity index (χ0v) is 7.00. The number of rotatable bonds is 1. The molecule has 0 aliphatic heterocycles. The van der Waals surface area contributed by atoms with Gasteiger partial charge in [0, 0.05) is 6.07 Å². The first-order chi connectivity index (χ1) is 5.54. The number of carboxylic acids is 1. The van der Waals surface area contributed by atoms with Crippen LogP contribution in [0.25, 0.3) is 0 Å². The predicted octanol–water partition coefficient (Wildman–Crippen LogP) is 0.980. The lowest BCUT2D eigenvalue weighted by Gasteiger charge is -2.03. The molecule has 1 aromatic rings. The van der Waals surface area contributed by atoms with Crippen molar-refractivity contribution in [2.24, 2.45) is 0 Å². The van der Waals surface area contributed by atoms with Crippen LogP contribution in [0.3, 0.4) is 0 Å². The molecule has 0 unspecified atom stereocenters. The van der Waals surface area contributed by atoms with Crippen molar-refractivity contribution in [1.29, 1.82) is 0 Å². The van der Waals surface area contributed by atoms with Crippen LogP contribution in [0.15, 0.2) is 12.3 Å². The van der Waals surface area contributed by atoms with Crippen LogP contribution in [0.4, 0.5) is 0 Å². The predicted molar refractivity (Wildman–Crippen MR) is 42.1 cm³/mol. The molecule has 0 radical (unpaired) electrons. The van der Waals surface area contributed by atoms with Crippen molar-refractivity contribution < 1.29 is 14.6 Å². The molecule has 0 bridgehead atoms. The lowest BCUT2D eigenvalue weighted by atomic mass is 10.2. The van der Waals surface area contributed by atoms with Gasteiger partial charge >= 0.3 is 11.1 Å². The lowest BCUT2D eigenvalue weighted by Crippen LogP contribution is -2.29. The molecular formula is C7H6ClNO3. The van der Waals surface area contributed by atoms with Crippen molar-refractivity contribution in [1.82, 2.24) is 0 Å². The van der Waals surface area contributed by atoms with Gasteiger partial charge in [0.1, 0.15) is 5.56 Å². The Morgan fingerprint density at radius 3 is 2.75 bits per heavy atom. The molecule has 64 valence electrons.